The molecule has 234 valence electrons. The third kappa shape index (κ3) is 6.17. The molecule has 6 aromatic rings. The lowest BCUT2D eigenvalue weighted by molar-refractivity contribution is -0.132. The molecule has 1 aliphatic heterocycles. The number of aromatic nitrogens is 2. The van der Waals surface area contributed by atoms with Gasteiger partial charge >= 0.3 is 5.91 Å². The highest BCUT2D eigenvalue weighted by Crippen LogP contribution is 2.44. The first-order valence-electron chi connectivity index (χ1n) is 14.9. The van der Waals surface area contributed by atoms with Crippen molar-refractivity contribution >= 4 is 56.5 Å². The number of hydrogen-bond acceptors (Lipinski definition) is 9. The Morgan fingerprint density at radius 1 is 0.936 bits per heavy atom. The van der Waals surface area contributed by atoms with Crippen molar-refractivity contribution in [2.24, 2.45) is 0 Å². The second-order valence-corrected chi connectivity index (χ2v) is 13.4. The number of thioether (sulfide) groups is 1. The van der Waals surface area contributed by atoms with Crippen LogP contribution in [0.15, 0.2) is 117 Å². The van der Waals surface area contributed by atoms with Crippen molar-refractivity contribution in [3.8, 4) is 5.75 Å². The molecule has 4 aromatic carbocycles. The monoisotopic (exact) mass is 659 g/mol. The summed E-state index contributed by atoms with van der Waals surface area (Å²) < 4.78 is 12.5. The van der Waals surface area contributed by atoms with Crippen LogP contribution in [0.3, 0.4) is 0 Å². The molecule has 1 atom stereocenters. The maximum atomic E-state index is 13.6. The summed E-state index contributed by atoms with van der Waals surface area (Å²) in [5, 5.41) is 22.7. The topological polar surface area (TPSA) is 106 Å². The Labute approximate surface area is 279 Å². The molecular weight excluding hydrogens is 631 g/mol. The fraction of sp³-hybridized carbons (Fsp3) is 0.135. The number of furan rings is 1. The number of aryl methyl sites for hydroxylation is 2. The third-order valence-electron chi connectivity index (χ3n) is 7.92. The van der Waals surface area contributed by atoms with Gasteiger partial charge in [0.15, 0.2) is 4.34 Å². The highest BCUT2D eigenvalue weighted by molar-refractivity contribution is 8.00. The number of ketones is 1. The standard InChI is InChI=1S/C37H29N3O5S2/c1-22-7-5-8-24(19-22)20-44-28-16-14-26(15-17-28)33(41)31-32(30-18-13-23(2)45-30)40(35(43)34(31)42)36-38-39-37(47-36)46-21-27-11-6-10-25-9-3-4-12-29(25)27/h3-19,32,41H,20-21H2,1-2H3. The number of ether oxygens (including phenoxy) is 1. The van der Waals surface area contributed by atoms with Crippen molar-refractivity contribution in [1.29, 1.82) is 0 Å². The summed E-state index contributed by atoms with van der Waals surface area (Å²) in [4.78, 5) is 28.4. The SMILES string of the molecule is Cc1cccc(COc2ccc(C(O)=C3C(=O)C(=O)N(c4nnc(SCc5cccc6ccccc56)s4)C3c3ccc(C)o3)cc2)c1. The van der Waals surface area contributed by atoms with Gasteiger partial charge in [-0.2, -0.15) is 0 Å². The summed E-state index contributed by atoms with van der Waals surface area (Å²) in [7, 11) is 0. The molecule has 0 saturated carbocycles. The molecule has 47 heavy (non-hydrogen) atoms. The number of aliphatic hydroxyl groups is 1. The van der Waals surface area contributed by atoms with Crippen molar-refractivity contribution in [1.82, 2.24) is 10.2 Å². The van der Waals surface area contributed by atoms with Crippen molar-refractivity contribution < 1.29 is 23.8 Å². The number of Topliss-reactive ketones (excluding diaryl/α,β-unsaturated/α-hetero) is 1. The normalized spacial score (nSPS) is 15.9. The molecule has 0 radical (unpaired) electrons. The van der Waals surface area contributed by atoms with Gasteiger partial charge in [-0.15, -0.1) is 10.2 Å². The van der Waals surface area contributed by atoms with Crippen molar-refractivity contribution in [3.63, 3.8) is 0 Å². The number of anilines is 1. The maximum absolute atomic E-state index is 13.6. The van der Waals surface area contributed by atoms with Crippen molar-refractivity contribution in [3.05, 3.63) is 142 Å². The van der Waals surface area contributed by atoms with Gasteiger partial charge in [-0.3, -0.25) is 14.5 Å². The lowest BCUT2D eigenvalue weighted by Crippen LogP contribution is -2.29. The highest BCUT2D eigenvalue weighted by Gasteiger charge is 2.49. The minimum absolute atomic E-state index is 0.0852. The number of benzene rings is 4. The van der Waals surface area contributed by atoms with Gasteiger partial charge in [-0.05, 0) is 72.1 Å². The zero-order chi connectivity index (χ0) is 32.5. The van der Waals surface area contributed by atoms with Gasteiger partial charge in [0, 0.05) is 11.3 Å². The average molecular weight is 660 g/mol. The van der Waals surface area contributed by atoms with Crippen LogP contribution in [-0.2, 0) is 21.9 Å². The van der Waals surface area contributed by atoms with Gasteiger partial charge in [0.05, 0.1) is 5.57 Å². The fourth-order valence-corrected chi connectivity index (χ4v) is 7.52. The van der Waals surface area contributed by atoms with Crippen LogP contribution < -0.4 is 9.64 Å². The molecule has 0 spiro atoms. The van der Waals surface area contributed by atoms with E-state index in [1.54, 1.807) is 43.3 Å². The van der Waals surface area contributed by atoms with E-state index in [-0.39, 0.29) is 16.5 Å². The molecule has 0 bridgehead atoms. The summed E-state index contributed by atoms with van der Waals surface area (Å²) in [6.07, 6.45) is 0. The van der Waals surface area contributed by atoms with Crippen LogP contribution in [0, 0.1) is 13.8 Å². The van der Waals surface area contributed by atoms with Gasteiger partial charge < -0.3 is 14.3 Å². The first kappa shape index (κ1) is 30.5. The minimum Gasteiger partial charge on any atom is -0.507 e. The Morgan fingerprint density at radius 3 is 2.51 bits per heavy atom. The molecule has 1 amide bonds. The summed E-state index contributed by atoms with van der Waals surface area (Å²) in [6.45, 7) is 4.19. The summed E-state index contributed by atoms with van der Waals surface area (Å²) in [6, 6.07) is 31.6. The Hall–Kier alpha value is -5.19. The summed E-state index contributed by atoms with van der Waals surface area (Å²) in [5.74, 6) is 0.229. The van der Waals surface area contributed by atoms with Gasteiger partial charge in [0.25, 0.3) is 5.78 Å². The molecule has 3 heterocycles. The molecule has 0 aliphatic carbocycles. The van der Waals surface area contributed by atoms with Crippen molar-refractivity contribution in [2.45, 2.75) is 36.6 Å². The Bertz CT molecular complexity index is 2150. The van der Waals surface area contributed by atoms with E-state index in [1.165, 1.54) is 28.0 Å². The van der Waals surface area contributed by atoms with E-state index in [0.717, 1.165) is 27.5 Å². The lowest BCUT2D eigenvalue weighted by atomic mass is 9.99. The molecule has 1 unspecified atom stereocenters. The zero-order valence-corrected chi connectivity index (χ0v) is 27.2. The molecule has 1 aliphatic rings. The van der Waals surface area contributed by atoms with Crippen LogP contribution in [0.4, 0.5) is 5.13 Å². The highest BCUT2D eigenvalue weighted by atomic mass is 32.2. The number of carbonyl (C=O) groups excluding carboxylic acids is 2. The van der Waals surface area contributed by atoms with Gasteiger partial charge in [-0.25, -0.2) is 0 Å². The van der Waals surface area contributed by atoms with Gasteiger partial charge in [0.2, 0.25) is 5.13 Å². The Kier molecular flexibility index (Phi) is 8.36. The third-order valence-corrected chi connectivity index (χ3v) is 10.0. The maximum Gasteiger partial charge on any atom is 0.302 e. The number of nitrogens with zero attached hydrogens (tertiary/aromatic N) is 3. The second kappa shape index (κ2) is 12.9. The van der Waals surface area contributed by atoms with E-state index >= 15 is 0 Å². The molecule has 8 nitrogen and oxygen atoms in total. The quantitative estimate of drug-likeness (QED) is 0.0542. The predicted octanol–water partition coefficient (Wildman–Crippen LogP) is 8.40. The Balaban J connectivity index is 1.16. The lowest BCUT2D eigenvalue weighted by Gasteiger charge is -2.20. The smallest absolute Gasteiger partial charge is 0.302 e. The number of hydrogen-bond donors (Lipinski definition) is 1. The van der Waals surface area contributed by atoms with E-state index in [2.05, 4.69) is 40.5 Å². The van der Waals surface area contributed by atoms with Gasteiger partial charge in [-0.1, -0.05) is 95.4 Å². The van der Waals surface area contributed by atoms with Crippen LogP contribution in [0.2, 0.25) is 0 Å². The minimum atomic E-state index is -1.02. The zero-order valence-electron chi connectivity index (χ0n) is 25.5. The van der Waals surface area contributed by atoms with Crippen molar-refractivity contribution in [2.75, 3.05) is 4.90 Å². The molecule has 7 rings (SSSR count). The summed E-state index contributed by atoms with van der Waals surface area (Å²) in [5.41, 5.74) is 3.62. The number of rotatable bonds is 9. The molecule has 1 saturated heterocycles. The summed E-state index contributed by atoms with van der Waals surface area (Å²) >= 11 is 2.72. The largest absolute Gasteiger partial charge is 0.507 e. The number of amides is 1. The molecule has 10 heteroatoms. The van der Waals surface area contributed by atoms with Crippen LogP contribution in [0.1, 0.15) is 39.8 Å². The molecule has 1 fully saturated rings. The van der Waals surface area contributed by atoms with E-state index in [0.29, 0.717) is 39.5 Å². The molecule has 2 aromatic heterocycles. The first-order chi connectivity index (χ1) is 22.9. The average Bonchev–Trinajstić information content (AvgIpc) is 3.80. The van der Waals surface area contributed by atoms with E-state index in [9.17, 15) is 14.7 Å². The number of fused-ring (bicyclic) bond motifs is 1. The number of aliphatic hydroxyl groups excluding tert-OH is 1. The second-order valence-electron chi connectivity index (χ2n) is 11.2. The van der Waals surface area contributed by atoms with Crippen LogP contribution >= 0.6 is 23.1 Å². The molecule has 1 N–H and O–H groups in total. The van der Waals surface area contributed by atoms with Gasteiger partial charge in [0.1, 0.15) is 35.7 Å². The Morgan fingerprint density at radius 2 is 1.72 bits per heavy atom. The predicted molar refractivity (Wildman–Crippen MR) is 184 cm³/mol. The fourth-order valence-electron chi connectivity index (χ4n) is 5.65. The first-order valence-corrected chi connectivity index (χ1v) is 16.7. The van der Waals surface area contributed by atoms with E-state index in [4.69, 9.17) is 9.15 Å². The van der Waals surface area contributed by atoms with E-state index in [1.807, 2.05) is 43.3 Å². The van der Waals surface area contributed by atoms with Crippen LogP contribution in [0.5, 0.6) is 5.75 Å². The van der Waals surface area contributed by atoms with E-state index < -0.39 is 17.7 Å². The molecular formula is C37H29N3O5S2. The number of carbonyl (C=O) groups is 2. The van der Waals surface area contributed by atoms with Crippen LogP contribution in [0.25, 0.3) is 16.5 Å². The van der Waals surface area contributed by atoms with Crippen LogP contribution in [-0.4, -0.2) is 27.0 Å².